The number of furan rings is 1. The number of methoxy groups -OCH3 is 1. The van der Waals surface area contributed by atoms with Crippen molar-refractivity contribution in [2.75, 3.05) is 13.7 Å². The van der Waals surface area contributed by atoms with Gasteiger partial charge >= 0.3 is 0 Å². The molecule has 0 aliphatic heterocycles. The predicted octanol–water partition coefficient (Wildman–Crippen LogP) is 4.82. The maximum Gasteiger partial charge on any atom is 0.176 e. The number of aromatic nitrogens is 1. The highest BCUT2D eigenvalue weighted by Crippen LogP contribution is 2.30. The summed E-state index contributed by atoms with van der Waals surface area (Å²) >= 11 is 0. The molecule has 128 valence electrons. The number of hydrogen-bond donors (Lipinski definition) is 2. The van der Waals surface area contributed by atoms with E-state index in [4.69, 9.17) is 9.15 Å². The van der Waals surface area contributed by atoms with Crippen LogP contribution in [0.2, 0.25) is 0 Å². The van der Waals surface area contributed by atoms with E-state index >= 15 is 0 Å². The zero-order valence-corrected chi connectivity index (χ0v) is 14.5. The van der Waals surface area contributed by atoms with Crippen LogP contribution in [0.5, 0.6) is 5.75 Å². The summed E-state index contributed by atoms with van der Waals surface area (Å²) in [5, 5.41) is 5.92. The van der Waals surface area contributed by atoms with Crippen LogP contribution in [0.15, 0.2) is 59.1 Å². The monoisotopic (exact) mass is 334 g/mol. The second-order valence-corrected chi connectivity index (χ2v) is 6.31. The molecule has 4 rings (SSSR count). The van der Waals surface area contributed by atoms with Crippen molar-refractivity contribution in [3.8, 4) is 5.75 Å². The fourth-order valence-electron chi connectivity index (χ4n) is 3.29. The van der Waals surface area contributed by atoms with Gasteiger partial charge in [-0.05, 0) is 43.7 Å². The van der Waals surface area contributed by atoms with Gasteiger partial charge in [0.1, 0.15) is 5.76 Å². The van der Waals surface area contributed by atoms with Crippen molar-refractivity contribution in [2.45, 2.75) is 19.4 Å². The summed E-state index contributed by atoms with van der Waals surface area (Å²) < 4.78 is 11.4. The van der Waals surface area contributed by atoms with Crippen molar-refractivity contribution >= 4 is 21.9 Å². The van der Waals surface area contributed by atoms with Crippen LogP contribution in [0.3, 0.4) is 0 Å². The SMILES string of the molecule is COc1cccc2cc(C(C)NCCc3c[nH]c4ccccc34)oc12. The molecule has 1 atom stereocenters. The first-order valence-corrected chi connectivity index (χ1v) is 8.61. The lowest BCUT2D eigenvalue weighted by atomic mass is 10.1. The highest BCUT2D eigenvalue weighted by Gasteiger charge is 2.14. The number of hydrogen-bond acceptors (Lipinski definition) is 3. The first-order chi connectivity index (χ1) is 12.3. The molecule has 0 aliphatic carbocycles. The number of fused-ring (bicyclic) bond motifs is 2. The van der Waals surface area contributed by atoms with Gasteiger partial charge in [0.2, 0.25) is 0 Å². The van der Waals surface area contributed by atoms with Gasteiger partial charge in [-0.2, -0.15) is 0 Å². The van der Waals surface area contributed by atoms with Crippen molar-refractivity contribution < 1.29 is 9.15 Å². The summed E-state index contributed by atoms with van der Waals surface area (Å²) in [6.45, 7) is 3.01. The van der Waals surface area contributed by atoms with Crippen LogP contribution in [0.4, 0.5) is 0 Å². The van der Waals surface area contributed by atoms with Crippen LogP contribution in [-0.4, -0.2) is 18.6 Å². The third-order valence-corrected chi connectivity index (χ3v) is 4.69. The fraction of sp³-hybridized carbons (Fsp3) is 0.238. The molecule has 4 heteroatoms. The zero-order chi connectivity index (χ0) is 17.2. The smallest absolute Gasteiger partial charge is 0.176 e. The number of ether oxygens (including phenoxy) is 1. The molecular formula is C21H22N2O2. The Labute approximate surface area is 146 Å². The van der Waals surface area contributed by atoms with Crippen LogP contribution < -0.4 is 10.1 Å². The number of para-hydroxylation sites is 2. The molecule has 0 amide bonds. The second kappa shape index (κ2) is 6.65. The Morgan fingerprint density at radius 3 is 2.92 bits per heavy atom. The van der Waals surface area contributed by atoms with Gasteiger partial charge in [-0.25, -0.2) is 0 Å². The number of benzene rings is 2. The molecule has 25 heavy (non-hydrogen) atoms. The number of rotatable bonds is 6. The van der Waals surface area contributed by atoms with E-state index in [0.717, 1.165) is 35.4 Å². The molecule has 0 saturated heterocycles. The lowest BCUT2D eigenvalue weighted by molar-refractivity contribution is 0.400. The summed E-state index contributed by atoms with van der Waals surface area (Å²) in [4.78, 5) is 3.33. The van der Waals surface area contributed by atoms with Gasteiger partial charge in [0.05, 0.1) is 13.2 Å². The minimum absolute atomic E-state index is 0.141. The Kier molecular flexibility index (Phi) is 4.20. The minimum Gasteiger partial charge on any atom is -0.493 e. The average Bonchev–Trinajstić information content (AvgIpc) is 3.25. The summed E-state index contributed by atoms with van der Waals surface area (Å²) in [5.74, 6) is 1.70. The molecule has 0 aliphatic rings. The normalized spacial score (nSPS) is 12.7. The van der Waals surface area contributed by atoms with Crippen LogP contribution in [0, 0.1) is 0 Å². The van der Waals surface area contributed by atoms with Crippen molar-refractivity contribution in [1.82, 2.24) is 10.3 Å². The molecule has 0 spiro atoms. The van der Waals surface area contributed by atoms with Gasteiger partial charge < -0.3 is 19.5 Å². The van der Waals surface area contributed by atoms with E-state index in [1.54, 1.807) is 7.11 Å². The maximum absolute atomic E-state index is 6.02. The molecule has 0 fully saturated rings. The molecular weight excluding hydrogens is 312 g/mol. The molecule has 0 bridgehead atoms. The molecule has 2 N–H and O–H groups in total. The standard InChI is InChI=1S/C21H22N2O2/c1-14(20-12-15-6-5-9-19(24-2)21(15)25-20)22-11-10-16-13-23-18-8-4-3-7-17(16)18/h3-9,12-14,22-23H,10-11H2,1-2H3. The zero-order valence-electron chi connectivity index (χ0n) is 14.5. The van der Waals surface area contributed by atoms with Gasteiger partial charge in [-0.15, -0.1) is 0 Å². The molecule has 4 aromatic rings. The maximum atomic E-state index is 6.02. The van der Waals surface area contributed by atoms with E-state index in [-0.39, 0.29) is 6.04 Å². The lowest BCUT2D eigenvalue weighted by Crippen LogP contribution is -2.20. The van der Waals surface area contributed by atoms with E-state index in [1.165, 1.54) is 16.5 Å². The fourth-order valence-corrected chi connectivity index (χ4v) is 3.29. The van der Waals surface area contributed by atoms with Crippen molar-refractivity contribution in [2.24, 2.45) is 0 Å². The lowest BCUT2D eigenvalue weighted by Gasteiger charge is -2.10. The van der Waals surface area contributed by atoms with Crippen molar-refractivity contribution in [1.29, 1.82) is 0 Å². The third-order valence-electron chi connectivity index (χ3n) is 4.69. The quantitative estimate of drug-likeness (QED) is 0.532. The summed E-state index contributed by atoms with van der Waals surface area (Å²) in [5.41, 5.74) is 3.33. The first-order valence-electron chi connectivity index (χ1n) is 8.61. The van der Waals surface area contributed by atoms with Gasteiger partial charge in [0, 0.05) is 22.5 Å². The van der Waals surface area contributed by atoms with Crippen LogP contribution in [0.1, 0.15) is 24.3 Å². The Hall–Kier alpha value is -2.72. The molecule has 0 radical (unpaired) electrons. The molecule has 1 unspecified atom stereocenters. The number of H-pyrrole nitrogens is 1. The summed E-state index contributed by atoms with van der Waals surface area (Å²) in [7, 11) is 1.67. The minimum atomic E-state index is 0.141. The number of aromatic amines is 1. The molecule has 2 aromatic heterocycles. The Morgan fingerprint density at radius 1 is 1.16 bits per heavy atom. The van der Waals surface area contributed by atoms with Crippen LogP contribution in [0.25, 0.3) is 21.9 Å². The van der Waals surface area contributed by atoms with Gasteiger partial charge in [0.25, 0.3) is 0 Å². The van der Waals surface area contributed by atoms with Gasteiger partial charge in [0.15, 0.2) is 11.3 Å². The van der Waals surface area contributed by atoms with Crippen LogP contribution >= 0.6 is 0 Å². The second-order valence-electron chi connectivity index (χ2n) is 6.31. The Morgan fingerprint density at radius 2 is 2.04 bits per heavy atom. The highest BCUT2D eigenvalue weighted by molar-refractivity contribution is 5.84. The average molecular weight is 334 g/mol. The van der Waals surface area contributed by atoms with Crippen molar-refractivity contribution in [3.05, 3.63) is 66.1 Å². The Bertz CT molecular complexity index is 999. The summed E-state index contributed by atoms with van der Waals surface area (Å²) in [6.07, 6.45) is 3.07. The van der Waals surface area contributed by atoms with Gasteiger partial charge in [-0.3, -0.25) is 0 Å². The van der Waals surface area contributed by atoms with E-state index in [9.17, 15) is 0 Å². The molecule has 0 saturated carbocycles. The summed E-state index contributed by atoms with van der Waals surface area (Å²) in [6, 6.07) is 16.6. The van der Waals surface area contributed by atoms with E-state index < -0.39 is 0 Å². The highest BCUT2D eigenvalue weighted by atomic mass is 16.5. The third kappa shape index (κ3) is 3.01. The van der Waals surface area contributed by atoms with Crippen molar-refractivity contribution in [3.63, 3.8) is 0 Å². The topological polar surface area (TPSA) is 50.2 Å². The molecule has 2 aromatic carbocycles. The van der Waals surface area contributed by atoms with E-state index in [1.807, 2.05) is 18.2 Å². The largest absolute Gasteiger partial charge is 0.493 e. The molecule has 4 nitrogen and oxygen atoms in total. The predicted molar refractivity (Wildman–Crippen MR) is 101 cm³/mol. The molecule has 2 heterocycles. The van der Waals surface area contributed by atoms with Crippen LogP contribution in [-0.2, 0) is 6.42 Å². The van der Waals surface area contributed by atoms with E-state index in [0.29, 0.717) is 0 Å². The first kappa shape index (κ1) is 15.8. The number of nitrogens with one attached hydrogen (secondary N) is 2. The van der Waals surface area contributed by atoms with Gasteiger partial charge in [-0.1, -0.05) is 30.3 Å². The Balaban J connectivity index is 1.44. The van der Waals surface area contributed by atoms with E-state index in [2.05, 4.69) is 53.8 Å².